The van der Waals surface area contributed by atoms with E-state index in [9.17, 15) is 0 Å². The van der Waals surface area contributed by atoms with Crippen LogP contribution in [0, 0.1) is 0 Å². The molecule has 0 radical (unpaired) electrons. The van der Waals surface area contributed by atoms with E-state index in [1.807, 2.05) is 18.2 Å². The van der Waals surface area contributed by atoms with Crippen LogP contribution in [0.5, 0.6) is 0 Å². The maximum Gasteiger partial charge on any atom is 0.125 e. The molecule has 0 saturated carbocycles. The van der Waals surface area contributed by atoms with Gasteiger partial charge in [0, 0.05) is 6.61 Å². The second kappa shape index (κ2) is 8.65. The van der Waals surface area contributed by atoms with Crippen LogP contribution in [0.25, 0.3) is 0 Å². The van der Waals surface area contributed by atoms with Crippen LogP contribution in [-0.2, 0) is 4.74 Å². The summed E-state index contributed by atoms with van der Waals surface area (Å²) in [5, 5.41) is 3.58. The molecule has 2 aromatic rings. The fraction of sp³-hybridized carbons (Fsp3) is 0.444. The molecule has 0 aliphatic heterocycles. The van der Waals surface area contributed by atoms with Crippen LogP contribution in [0.2, 0.25) is 0 Å². The zero-order valence-corrected chi connectivity index (χ0v) is 12.9. The summed E-state index contributed by atoms with van der Waals surface area (Å²) in [5.74, 6) is 0.958. The lowest BCUT2D eigenvalue weighted by Gasteiger charge is -2.17. The highest BCUT2D eigenvalue weighted by molar-refractivity contribution is 5.26. The van der Waals surface area contributed by atoms with Crippen LogP contribution < -0.4 is 5.32 Å². The maximum atomic E-state index is 5.57. The Morgan fingerprint density at radius 1 is 1.05 bits per heavy atom. The molecule has 0 spiro atoms. The Kier molecular flexibility index (Phi) is 6.51. The molecule has 0 aliphatic carbocycles. The highest BCUT2D eigenvalue weighted by Crippen LogP contribution is 2.22. The van der Waals surface area contributed by atoms with E-state index in [1.165, 1.54) is 5.56 Å². The second-order valence-electron chi connectivity index (χ2n) is 5.44. The molecule has 0 bridgehead atoms. The summed E-state index contributed by atoms with van der Waals surface area (Å²) in [7, 11) is 0. The predicted octanol–water partition coefficient (Wildman–Crippen LogP) is 4.16. The molecule has 2 rings (SSSR count). The first-order valence-electron chi connectivity index (χ1n) is 7.70. The third-order valence-electron chi connectivity index (χ3n) is 3.33. The largest absolute Gasteiger partial charge is 0.467 e. The third-order valence-corrected chi connectivity index (χ3v) is 3.33. The average Bonchev–Trinajstić information content (AvgIpc) is 3.01. The quantitative estimate of drug-likeness (QED) is 0.703. The van der Waals surface area contributed by atoms with Gasteiger partial charge in [0.15, 0.2) is 0 Å². The van der Waals surface area contributed by atoms with Crippen molar-refractivity contribution >= 4 is 0 Å². The van der Waals surface area contributed by atoms with Gasteiger partial charge in [-0.05, 0) is 50.9 Å². The number of benzene rings is 1. The summed E-state index contributed by atoms with van der Waals surface area (Å²) >= 11 is 0. The molecule has 1 aromatic heterocycles. The molecule has 1 heterocycles. The fourth-order valence-corrected chi connectivity index (χ4v) is 2.28. The summed E-state index contributed by atoms with van der Waals surface area (Å²) in [6.07, 6.45) is 4.21. The van der Waals surface area contributed by atoms with E-state index in [2.05, 4.69) is 43.4 Å². The van der Waals surface area contributed by atoms with Crippen molar-refractivity contribution in [3.8, 4) is 0 Å². The van der Waals surface area contributed by atoms with Gasteiger partial charge < -0.3 is 14.5 Å². The number of rotatable bonds is 9. The van der Waals surface area contributed by atoms with E-state index in [-0.39, 0.29) is 6.04 Å². The summed E-state index contributed by atoms with van der Waals surface area (Å²) in [5.41, 5.74) is 1.23. The molecule has 0 amide bonds. The summed E-state index contributed by atoms with van der Waals surface area (Å²) < 4.78 is 11.1. The summed E-state index contributed by atoms with van der Waals surface area (Å²) in [4.78, 5) is 0. The minimum Gasteiger partial charge on any atom is -0.467 e. The first-order valence-corrected chi connectivity index (χ1v) is 7.70. The fourth-order valence-electron chi connectivity index (χ4n) is 2.28. The third kappa shape index (κ3) is 5.37. The molecular weight excluding hydrogens is 262 g/mol. The number of furan rings is 1. The second-order valence-corrected chi connectivity index (χ2v) is 5.44. The van der Waals surface area contributed by atoms with Gasteiger partial charge in [-0.25, -0.2) is 0 Å². The Labute approximate surface area is 127 Å². The number of nitrogens with one attached hydrogen (secondary N) is 1. The molecule has 1 unspecified atom stereocenters. The molecule has 0 aliphatic rings. The average molecular weight is 287 g/mol. The van der Waals surface area contributed by atoms with Gasteiger partial charge in [0.1, 0.15) is 5.76 Å². The minimum atomic E-state index is 0.118. The Balaban J connectivity index is 1.84. The van der Waals surface area contributed by atoms with Gasteiger partial charge in [-0.3, -0.25) is 0 Å². The van der Waals surface area contributed by atoms with Crippen molar-refractivity contribution in [1.82, 2.24) is 5.32 Å². The summed E-state index contributed by atoms with van der Waals surface area (Å²) in [6.45, 7) is 5.92. The molecule has 114 valence electrons. The Morgan fingerprint density at radius 3 is 2.52 bits per heavy atom. The highest BCUT2D eigenvalue weighted by Gasteiger charge is 2.15. The van der Waals surface area contributed by atoms with Crippen LogP contribution in [-0.4, -0.2) is 19.3 Å². The molecular formula is C18H25NO2. The number of hydrogen-bond donors (Lipinski definition) is 1. The Hall–Kier alpha value is -1.58. The van der Waals surface area contributed by atoms with Crippen molar-refractivity contribution in [2.45, 2.75) is 38.8 Å². The van der Waals surface area contributed by atoms with E-state index < -0.39 is 0 Å². The van der Waals surface area contributed by atoms with E-state index in [4.69, 9.17) is 9.15 Å². The number of ether oxygens (including phenoxy) is 1. The molecule has 1 N–H and O–H groups in total. The lowest BCUT2D eigenvalue weighted by Crippen LogP contribution is -2.23. The van der Waals surface area contributed by atoms with Gasteiger partial charge in [-0.15, -0.1) is 0 Å². The van der Waals surface area contributed by atoms with Crippen LogP contribution in [0.1, 0.15) is 44.1 Å². The van der Waals surface area contributed by atoms with E-state index in [0.717, 1.165) is 31.8 Å². The predicted molar refractivity (Wildman–Crippen MR) is 85.3 cm³/mol. The van der Waals surface area contributed by atoms with Crippen LogP contribution in [0.4, 0.5) is 0 Å². The van der Waals surface area contributed by atoms with Gasteiger partial charge in [-0.1, -0.05) is 30.3 Å². The number of unbranched alkanes of at least 4 members (excludes halogenated alkanes) is 1. The van der Waals surface area contributed by atoms with Crippen molar-refractivity contribution in [1.29, 1.82) is 0 Å². The normalized spacial score (nSPS) is 12.7. The smallest absolute Gasteiger partial charge is 0.125 e. The van der Waals surface area contributed by atoms with E-state index in [1.54, 1.807) is 6.26 Å². The molecule has 0 fully saturated rings. The molecule has 3 heteroatoms. The zero-order chi connectivity index (χ0) is 14.9. The standard InChI is InChI=1S/C18H25NO2/c1-15(2)20-13-7-6-12-19-18(17-11-8-14-21-17)16-9-4-3-5-10-16/h3-5,8-11,14-15,18-19H,6-7,12-13H2,1-2H3. The van der Waals surface area contributed by atoms with Gasteiger partial charge >= 0.3 is 0 Å². The molecule has 3 nitrogen and oxygen atoms in total. The first-order chi connectivity index (χ1) is 10.3. The maximum absolute atomic E-state index is 5.57. The van der Waals surface area contributed by atoms with Gasteiger partial charge in [0.2, 0.25) is 0 Å². The van der Waals surface area contributed by atoms with Crippen LogP contribution >= 0.6 is 0 Å². The topological polar surface area (TPSA) is 34.4 Å². The Morgan fingerprint density at radius 2 is 1.86 bits per heavy atom. The molecule has 21 heavy (non-hydrogen) atoms. The van der Waals surface area contributed by atoms with Crippen molar-refractivity contribution in [3.63, 3.8) is 0 Å². The van der Waals surface area contributed by atoms with Gasteiger partial charge in [-0.2, -0.15) is 0 Å². The molecule has 0 saturated heterocycles. The van der Waals surface area contributed by atoms with Crippen LogP contribution in [0.3, 0.4) is 0 Å². The summed E-state index contributed by atoms with van der Waals surface area (Å²) in [6, 6.07) is 14.5. The van der Waals surface area contributed by atoms with Crippen molar-refractivity contribution in [2.75, 3.05) is 13.2 Å². The number of hydrogen-bond acceptors (Lipinski definition) is 3. The monoisotopic (exact) mass is 287 g/mol. The van der Waals surface area contributed by atoms with Crippen molar-refractivity contribution in [2.24, 2.45) is 0 Å². The van der Waals surface area contributed by atoms with E-state index in [0.29, 0.717) is 6.10 Å². The zero-order valence-electron chi connectivity index (χ0n) is 12.9. The lowest BCUT2D eigenvalue weighted by molar-refractivity contribution is 0.0759. The van der Waals surface area contributed by atoms with E-state index >= 15 is 0 Å². The highest BCUT2D eigenvalue weighted by atomic mass is 16.5. The minimum absolute atomic E-state index is 0.118. The van der Waals surface area contributed by atoms with Gasteiger partial charge in [0.05, 0.1) is 18.4 Å². The van der Waals surface area contributed by atoms with Crippen molar-refractivity contribution in [3.05, 3.63) is 60.1 Å². The van der Waals surface area contributed by atoms with Crippen molar-refractivity contribution < 1.29 is 9.15 Å². The molecule has 1 aromatic carbocycles. The van der Waals surface area contributed by atoms with Crippen LogP contribution in [0.15, 0.2) is 53.1 Å². The molecule has 1 atom stereocenters. The van der Waals surface area contributed by atoms with Gasteiger partial charge in [0.25, 0.3) is 0 Å². The lowest BCUT2D eigenvalue weighted by atomic mass is 10.0. The Bertz CT molecular complexity index is 479. The SMILES string of the molecule is CC(C)OCCCCNC(c1ccccc1)c1ccco1. The first kappa shape index (κ1) is 15.8.